The standard InChI is InChI=1S/C19H25F3N3O3P/c1-4-25-10-14(9-17(25)26)23-18(27)15-6-5-13(7-11(15)2)16(24-28-29)8-12(3)19(20,21)22/h5-7,12,14H,4,8-10,29H2,1-3H3,(H,23,27)/b24-16+/t12-,14-/m1/s1. The molecule has 1 fully saturated rings. The molecule has 0 aromatic heterocycles. The Morgan fingerprint density at radius 3 is 2.66 bits per heavy atom. The van der Waals surface area contributed by atoms with Crippen LogP contribution in [-0.2, 0) is 9.42 Å². The summed E-state index contributed by atoms with van der Waals surface area (Å²) in [5.41, 5.74) is 1.57. The minimum absolute atomic E-state index is 0.00180. The van der Waals surface area contributed by atoms with Crippen molar-refractivity contribution in [2.75, 3.05) is 13.1 Å². The number of nitrogens with zero attached hydrogens (tertiary/aromatic N) is 2. The fraction of sp³-hybridized carbons (Fsp3) is 0.526. The number of rotatable bonds is 7. The monoisotopic (exact) mass is 431 g/mol. The number of aryl methyl sites for hydroxylation is 1. The average molecular weight is 431 g/mol. The Morgan fingerprint density at radius 2 is 2.14 bits per heavy atom. The second-order valence-corrected chi connectivity index (χ2v) is 7.34. The Morgan fingerprint density at radius 1 is 1.45 bits per heavy atom. The maximum atomic E-state index is 12.9. The quantitative estimate of drug-likeness (QED) is 0.409. The summed E-state index contributed by atoms with van der Waals surface area (Å²) in [4.78, 5) is 26.1. The SMILES string of the molecule is CCN1C[C@H](NC(=O)c2ccc(/C(C[C@@H](C)C(F)(F)F)=N/OP)cc2C)CC1=O. The van der Waals surface area contributed by atoms with Crippen LogP contribution >= 0.6 is 9.47 Å². The van der Waals surface area contributed by atoms with E-state index in [0.29, 0.717) is 29.8 Å². The molecule has 0 spiro atoms. The van der Waals surface area contributed by atoms with Gasteiger partial charge in [-0.1, -0.05) is 18.1 Å². The first kappa shape index (κ1) is 23.1. The summed E-state index contributed by atoms with van der Waals surface area (Å²) in [5.74, 6) is -1.91. The van der Waals surface area contributed by atoms with Crippen molar-refractivity contribution in [1.29, 1.82) is 0 Å². The van der Waals surface area contributed by atoms with E-state index in [4.69, 9.17) is 0 Å². The molecule has 10 heteroatoms. The van der Waals surface area contributed by atoms with Crippen LogP contribution in [0.2, 0.25) is 0 Å². The Bertz CT molecular complexity index is 799. The van der Waals surface area contributed by atoms with Gasteiger partial charge in [0, 0.05) is 31.5 Å². The minimum atomic E-state index is -4.35. The summed E-state index contributed by atoms with van der Waals surface area (Å²) in [6.45, 7) is 5.71. The van der Waals surface area contributed by atoms with Crippen LogP contribution in [0.3, 0.4) is 0 Å². The summed E-state index contributed by atoms with van der Waals surface area (Å²) in [6, 6.07) is 4.44. The smallest absolute Gasteiger partial charge is 0.383 e. The van der Waals surface area contributed by atoms with E-state index in [1.54, 1.807) is 30.0 Å². The predicted molar refractivity (Wildman–Crippen MR) is 106 cm³/mol. The molecule has 29 heavy (non-hydrogen) atoms. The van der Waals surface area contributed by atoms with Gasteiger partial charge in [-0.2, -0.15) is 13.2 Å². The number of amides is 2. The second kappa shape index (κ2) is 9.57. The van der Waals surface area contributed by atoms with Gasteiger partial charge in [0.05, 0.1) is 27.1 Å². The third-order valence-corrected chi connectivity index (χ3v) is 5.06. The Balaban J connectivity index is 2.15. The number of nitrogens with one attached hydrogen (secondary N) is 1. The molecule has 0 saturated carbocycles. The van der Waals surface area contributed by atoms with Crippen molar-refractivity contribution >= 4 is 27.0 Å². The number of carbonyl (C=O) groups excluding carboxylic acids is 2. The van der Waals surface area contributed by atoms with Crippen molar-refractivity contribution in [3.05, 3.63) is 34.9 Å². The van der Waals surface area contributed by atoms with E-state index in [-0.39, 0.29) is 36.4 Å². The van der Waals surface area contributed by atoms with E-state index in [0.717, 1.165) is 6.92 Å². The molecule has 1 heterocycles. The number of halogens is 3. The first-order valence-corrected chi connectivity index (χ1v) is 9.73. The van der Waals surface area contributed by atoms with Crippen LogP contribution in [0.1, 0.15) is 48.2 Å². The number of likely N-dealkylation sites (tertiary alicyclic amines) is 1. The first-order chi connectivity index (χ1) is 13.6. The van der Waals surface area contributed by atoms with Crippen molar-refractivity contribution in [3.63, 3.8) is 0 Å². The Hall–Kier alpha value is -2.15. The van der Waals surface area contributed by atoms with Crippen molar-refractivity contribution in [2.45, 2.75) is 45.8 Å². The number of hydrogen-bond donors (Lipinski definition) is 1. The van der Waals surface area contributed by atoms with Crippen molar-refractivity contribution in [2.24, 2.45) is 11.1 Å². The van der Waals surface area contributed by atoms with Crippen LogP contribution in [0.5, 0.6) is 0 Å². The molecule has 160 valence electrons. The second-order valence-electron chi connectivity index (χ2n) is 7.13. The fourth-order valence-electron chi connectivity index (χ4n) is 3.21. The van der Waals surface area contributed by atoms with Gasteiger partial charge >= 0.3 is 6.18 Å². The molecule has 1 saturated heterocycles. The highest BCUT2D eigenvalue weighted by Crippen LogP contribution is 2.30. The van der Waals surface area contributed by atoms with Gasteiger partial charge in [0.25, 0.3) is 5.91 Å². The van der Waals surface area contributed by atoms with Crippen LogP contribution in [0.4, 0.5) is 13.2 Å². The van der Waals surface area contributed by atoms with Gasteiger partial charge < -0.3 is 14.8 Å². The molecule has 1 aliphatic heterocycles. The highest BCUT2D eigenvalue weighted by atomic mass is 31.0. The van der Waals surface area contributed by atoms with E-state index < -0.39 is 12.1 Å². The molecule has 1 unspecified atom stereocenters. The maximum Gasteiger partial charge on any atom is 0.391 e. The molecule has 0 bridgehead atoms. The van der Waals surface area contributed by atoms with Crippen LogP contribution in [0, 0.1) is 12.8 Å². The zero-order valence-electron chi connectivity index (χ0n) is 16.5. The van der Waals surface area contributed by atoms with E-state index in [9.17, 15) is 22.8 Å². The lowest BCUT2D eigenvalue weighted by atomic mass is 9.95. The highest BCUT2D eigenvalue weighted by Gasteiger charge is 2.37. The van der Waals surface area contributed by atoms with Gasteiger partial charge in [-0.15, -0.1) is 0 Å². The number of alkyl halides is 3. The molecule has 1 aromatic rings. The molecule has 6 nitrogen and oxygen atoms in total. The van der Waals surface area contributed by atoms with Crippen LogP contribution < -0.4 is 5.32 Å². The van der Waals surface area contributed by atoms with Crippen LogP contribution in [-0.4, -0.2) is 47.7 Å². The molecule has 0 aliphatic carbocycles. The molecule has 2 amide bonds. The number of likely N-dealkylation sites (N-methyl/N-ethyl adjacent to an activating group) is 1. The van der Waals surface area contributed by atoms with Gasteiger partial charge in [0.1, 0.15) is 0 Å². The molecular weight excluding hydrogens is 406 g/mol. The number of hydrogen-bond acceptors (Lipinski definition) is 4. The summed E-state index contributed by atoms with van der Waals surface area (Å²) < 4.78 is 43.4. The van der Waals surface area contributed by atoms with Gasteiger partial charge in [-0.3, -0.25) is 9.59 Å². The largest absolute Gasteiger partial charge is 0.391 e. The molecule has 0 radical (unpaired) electrons. The predicted octanol–water partition coefficient (Wildman–Crippen LogP) is 3.44. The van der Waals surface area contributed by atoms with Crippen LogP contribution in [0.15, 0.2) is 23.4 Å². The number of carbonyl (C=O) groups is 2. The van der Waals surface area contributed by atoms with E-state index in [2.05, 4.69) is 15.1 Å². The van der Waals surface area contributed by atoms with E-state index in [1.165, 1.54) is 0 Å². The van der Waals surface area contributed by atoms with Gasteiger partial charge in [0.2, 0.25) is 5.91 Å². The summed E-state index contributed by atoms with van der Waals surface area (Å²) in [5, 5.41) is 6.56. The van der Waals surface area contributed by atoms with Crippen molar-refractivity contribution in [3.8, 4) is 0 Å². The normalized spacial score (nSPS) is 18.7. The zero-order valence-corrected chi connectivity index (χ0v) is 17.7. The highest BCUT2D eigenvalue weighted by molar-refractivity contribution is 7.09. The van der Waals surface area contributed by atoms with Crippen LogP contribution in [0.25, 0.3) is 0 Å². The zero-order chi connectivity index (χ0) is 21.8. The topological polar surface area (TPSA) is 71.0 Å². The molecule has 3 atom stereocenters. The fourth-order valence-corrected chi connectivity index (χ4v) is 3.34. The Labute approximate surface area is 170 Å². The molecule has 1 aromatic carbocycles. The summed E-state index contributed by atoms with van der Waals surface area (Å²) >= 11 is 0. The number of oxime groups is 1. The third kappa shape index (κ3) is 5.92. The first-order valence-electron chi connectivity index (χ1n) is 9.25. The molecular formula is C19H25F3N3O3P. The van der Waals surface area contributed by atoms with Gasteiger partial charge in [-0.25, -0.2) is 0 Å². The third-order valence-electron chi connectivity index (χ3n) is 4.96. The van der Waals surface area contributed by atoms with Crippen molar-refractivity contribution < 1.29 is 27.4 Å². The summed E-state index contributed by atoms with van der Waals surface area (Å²) in [6.07, 6.45) is -4.43. The minimum Gasteiger partial charge on any atom is -0.383 e. The van der Waals surface area contributed by atoms with E-state index >= 15 is 0 Å². The lowest BCUT2D eigenvalue weighted by Crippen LogP contribution is -2.37. The van der Waals surface area contributed by atoms with Gasteiger partial charge in [0.15, 0.2) is 0 Å². The lowest BCUT2D eigenvalue weighted by Gasteiger charge is -2.18. The Kier molecular flexibility index (Phi) is 7.63. The summed E-state index contributed by atoms with van der Waals surface area (Å²) in [7, 11) is 1.88. The molecule has 1 N–H and O–H groups in total. The van der Waals surface area contributed by atoms with Crippen molar-refractivity contribution in [1.82, 2.24) is 10.2 Å². The molecule has 1 aliphatic rings. The average Bonchev–Trinajstić information content (AvgIpc) is 2.99. The molecule has 2 rings (SSSR count). The lowest BCUT2D eigenvalue weighted by molar-refractivity contribution is -0.167. The van der Waals surface area contributed by atoms with Gasteiger partial charge in [-0.05, 0) is 37.1 Å². The maximum absolute atomic E-state index is 12.9. The van der Waals surface area contributed by atoms with E-state index in [1.807, 2.05) is 16.4 Å². The number of benzene rings is 1.